The van der Waals surface area contributed by atoms with Crippen LogP contribution in [0.1, 0.15) is 23.0 Å². The number of aromatic nitrogens is 2. The average Bonchev–Trinajstić information content (AvgIpc) is 2.67. The van der Waals surface area contributed by atoms with Gasteiger partial charge in [-0.3, -0.25) is 4.79 Å². The molecule has 0 aliphatic carbocycles. The van der Waals surface area contributed by atoms with E-state index in [4.69, 9.17) is 16.3 Å². The standard InChI is InChI=1S/C20H19ClN4O2/c1-3-27-16-8-6-14(7-9-16)25-20(26)18-11-19(23-12-22-18)24-15-5-4-13(2)17(21)10-15/h4-12H,3H2,1-2H3,(H,25,26)(H,22,23,24). The maximum Gasteiger partial charge on any atom is 0.274 e. The van der Waals surface area contributed by atoms with Crippen LogP contribution >= 0.6 is 11.6 Å². The number of nitrogens with zero attached hydrogens (tertiary/aromatic N) is 2. The highest BCUT2D eigenvalue weighted by Crippen LogP contribution is 2.22. The third kappa shape index (κ3) is 4.95. The maximum atomic E-state index is 12.4. The van der Waals surface area contributed by atoms with Crippen molar-refractivity contribution in [3.8, 4) is 5.75 Å². The van der Waals surface area contributed by atoms with Gasteiger partial charge in [-0.1, -0.05) is 17.7 Å². The Bertz CT molecular complexity index is 945. The number of hydrogen-bond donors (Lipinski definition) is 2. The predicted octanol–water partition coefficient (Wildman–Crippen LogP) is 4.83. The Balaban J connectivity index is 1.70. The SMILES string of the molecule is CCOc1ccc(NC(=O)c2cc(Nc3ccc(C)c(Cl)c3)ncn2)cc1. The highest BCUT2D eigenvalue weighted by atomic mass is 35.5. The van der Waals surface area contributed by atoms with Gasteiger partial charge in [-0.25, -0.2) is 9.97 Å². The molecule has 7 heteroatoms. The fourth-order valence-corrected chi connectivity index (χ4v) is 2.55. The third-order valence-electron chi connectivity index (χ3n) is 3.77. The molecule has 2 aromatic carbocycles. The fourth-order valence-electron chi connectivity index (χ4n) is 2.36. The van der Waals surface area contributed by atoms with Crippen LogP contribution < -0.4 is 15.4 Å². The zero-order valence-electron chi connectivity index (χ0n) is 15.0. The van der Waals surface area contributed by atoms with Crippen molar-refractivity contribution in [3.05, 3.63) is 71.1 Å². The van der Waals surface area contributed by atoms with Gasteiger partial charge < -0.3 is 15.4 Å². The molecule has 0 spiro atoms. The minimum Gasteiger partial charge on any atom is -0.494 e. The number of rotatable bonds is 6. The molecule has 3 aromatic rings. The molecule has 0 radical (unpaired) electrons. The summed E-state index contributed by atoms with van der Waals surface area (Å²) in [5, 5.41) is 6.58. The molecule has 0 aliphatic heterocycles. The molecule has 27 heavy (non-hydrogen) atoms. The highest BCUT2D eigenvalue weighted by molar-refractivity contribution is 6.31. The molecule has 0 saturated heterocycles. The van der Waals surface area contributed by atoms with Gasteiger partial charge in [0.05, 0.1) is 6.61 Å². The van der Waals surface area contributed by atoms with Crippen LogP contribution in [0.2, 0.25) is 5.02 Å². The van der Waals surface area contributed by atoms with Crippen LogP contribution in [0, 0.1) is 6.92 Å². The minimum absolute atomic E-state index is 0.250. The Labute approximate surface area is 162 Å². The summed E-state index contributed by atoms with van der Waals surface area (Å²) in [4.78, 5) is 20.6. The van der Waals surface area contributed by atoms with E-state index in [1.165, 1.54) is 6.33 Å². The van der Waals surface area contributed by atoms with Crippen molar-refractivity contribution in [1.82, 2.24) is 9.97 Å². The minimum atomic E-state index is -0.327. The Kier molecular flexibility index (Phi) is 5.88. The number of anilines is 3. The van der Waals surface area contributed by atoms with Gasteiger partial charge in [-0.15, -0.1) is 0 Å². The van der Waals surface area contributed by atoms with Gasteiger partial charge in [0.15, 0.2) is 0 Å². The summed E-state index contributed by atoms with van der Waals surface area (Å²) >= 11 is 6.14. The van der Waals surface area contributed by atoms with E-state index < -0.39 is 0 Å². The zero-order valence-corrected chi connectivity index (χ0v) is 15.7. The number of benzene rings is 2. The van der Waals surface area contributed by atoms with Gasteiger partial charge in [-0.2, -0.15) is 0 Å². The molecular formula is C20H19ClN4O2. The van der Waals surface area contributed by atoms with Crippen LogP contribution in [-0.4, -0.2) is 22.5 Å². The largest absolute Gasteiger partial charge is 0.494 e. The summed E-state index contributed by atoms with van der Waals surface area (Å²) in [5.41, 5.74) is 2.67. The molecule has 0 unspecified atom stereocenters. The lowest BCUT2D eigenvalue weighted by molar-refractivity contribution is 0.102. The van der Waals surface area contributed by atoms with Gasteiger partial charge in [0, 0.05) is 22.5 Å². The van der Waals surface area contributed by atoms with Crippen LogP contribution in [0.3, 0.4) is 0 Å². The lowest BCUT2D eigenvalue weighted by Gasteiger charge is -2.09. The molecule has 0 atom stereocenters. The first-order chi connectivity index (χ1) is 13.0. The summed E-state index contributed by atoms with van der Waals surface area (Å²) < 4.78 is 5.39. The number of hydrogen-bond acceptors (Lipinski definition) is 5. The van der Waals surface area contributed by atoms with E-state index in [1.807, 2.05) is 26.0 Å². The van der Waals surface area contributed by atoms with Crippen LogP contribution in [0.25, 0.3) is 0 Å². The van der Waals surface area contributed by atoms with Gasteiger partial charge >= 0.3 is 0 Å². The fraction of sp³-hybridized carbons (Fsp3) is 0.150. The lowest BCUT2D eigenvalue weighted by atomic mass is 10.2. The lowest BCUT2D eigenvalue weighted by Crippen LogP contribution is -2.14. The number of amides is 1. The van der Waals surface area contributed by atoms with Crippen molar-refractivity contribution >= 4 is 34.7 Å². The van der Waals surface area contributed by atoms with Gasteiger partial charge in [-0.05, 0) is 55.8 Å². The number of carbonyl (C=O) groups is 1. The smallest absolute Gasteiger partial charge is 0.274 e. The van der Waals surface area contributed by atoms with E-state index in [1.54, 1.807) is 36.4 Å². The average molecular weight is 383 g/mol. The molecule has 0 saturated carbocycles. The van der Waals surface area contributed by atoms with Crippen LogP contribution in [0.4, 0.5) is 17.2 Å². The van der Waals surface area contributed by atoms with E-state index >= 15 is 0 Å². The molecular weight excluding hydrogens is 364 g/mol. The predicted molar refractivity (Wildman–Crippen MR) is 107 cm³/mol. The van der Waals surface area contributed by atoms with E-state index in [0.29, 0.717) is 23.1 Å². The topological polar surface area (TPSA) is 76.1 Å². The van der Waals surface area contributed by atoms with Gasteiger partial charge in [0.1, 0.15) is 23.6 Å². The summed E-state index contributed by atoms with van der Waals surface area (Å²) in [6.45, 7) is 4.44. The number of halogens is 1. The summed E-state index contributed by atoms with van der Waals surface area (Å²) in [5.74, 6) is 0.925. The quantitative estimate of drug-likeness (QED) is 0.638. The van der Waals surface area contributed by atoms with Crippen LogP contribution in [0.5, 0.6) is 5.75 Å². The number of aryl methyl sites for hydroxylation is 1. The number of carbonyl (C=O) groups excluding carboxylic acids is 1. The Morgan fingerprint density at radius 1 is 1.07 bits per heavy atom. The molecule has 2 N–H and O–H groups in total. The van der Waals surface area contributed by atoms with E-state index in [-0.39, 0.29) is 11.6 Å². The van der Waals surface area contributed by atoms with Crippen molar-refractivity contribution in [2.45, 2.75) is 13.8 Å². The van der Waals surface area contributed by atoms with E-state index in [0.717, 1.165) is 17.0 Å². The second-order valence-electron chi connectivity index (χ2n) is 5.79. The molecule has 0 bridgehead atoms. The molecule has 0 aliphatic rings. The van der Waals surface area contributed by atoms with Crippen LogP contribution in [-0.2, 0) is 0 Å². The van der Waals surface area contributed by atoms with Gasteiger partial charge in [0.25, 0.3) is 5.91 Å². The molecule has 6 nitrogen and oxygen atoms in total. The second-order valence-corrected chi connectivity index (χ2v) is 6.20. The first kappa shape index (κ1) is 18.7. The van der Waals surface area contributed by atoms with Crippen molar-refractivity contribution < 1.29 is 9.53 Å². The Morgan fingerprint density at radius 3 is 2.52 bits per heavy atom. The monoisotopic (exact) mass is 382 g/mol. The van der Waals surface area contributed by atoms with E-state index in [9.17, 15) is 4.79 Å². The summed E-state index contributed by atoms with van der Waals surface area (Å²) in [6, 6.07) is 14.3. The maximum absolute atomic E-state index is 12.4. The van der Waals surface area contributed by atoms with Crippen molar-refractivity contribution in [3.63, 3.8) is 0 Å². The first-order valence-corrected chi connectivity index (χ1v) is 8.82. The molecule has 1 heterocycles. The van der Waals surface area contributed by atoms with Crippen LogP contribution in [0.15, 0.2) is 54.9 Å². The van der Waals surface area contributed by atoms with Crippen molar-refractivity contribution in [1.29, 1.82) is 0 Å². The molecule has 1 amide bonds. The highest BCUT2D eigenvalue weighted by Gasteiger charge is 2.10. The molecule has 1 aromatic heterocycles. The van der Waals surface area contributed by atoms with Crippen molar-refractivity contribution in [2.24, 2.45) is 0 Å². The Hall–Kier alpha value is -3.12. The summed E-state index contributed by atoms with van der Waals surface area (Å²) in [6.07, 6.45) is 1.34. The van der Waals surface area contributed by atoms with E-state index in [2.05, 4.69) is 20.6 Å². The molecule has 138 valence electrons. The van der Waals surface area contributed by atoms with Crippen molar-refractivity contribution in [2.75, 3.05) is 17.2 Å². The number of nitrogens with one attached hydrogen (secondary N) is 2. The number of ether oxygens (including phenoxy) is 1. The zero-order chi connectivity index (χ0) is 19.2. The second kappa shape index (κ2) is 8.51. The Morgan fingerprint density at radius 2 is 1.81 bits per heavy atom. The third-order valence-corrected chi connectivity index (χ3v) is 4.17. The van der Waals surface area contributed by atoms with Gasteiger partial charge in [0.2, 0.25) is 0 Å². The molecule has 0 fully saturated rings. The first-order valence-electron chi connectivity index (χ1n) is 8.44. The normalized spacial score (nSPS) is 10.3. The summed E-state index contributed by atoms with van der Waals surface area (Å²) in [7, 11) is 0. The molecule has 3 rings (SSSR count).